The number of methoxy groups -OCH3 is 1. The number of carbonyl (C=O) groups excluding carboxylic acids is 1. The Labute approximate surface area is 262 Å². The average Bonchev–Trinajstić information content (AvgIpc) is 3.38. The van der Waals surface area contributed by atoms with E-state index in [0.29, 0.717) is 32.1 Å². The number of fused-ring (bicyclic) bond motifs is 1. The Balaban J connectivity index is 1.47. The highest BCUT2D eigenvalue weighted by Gasteiger charge is 2.35. The molecular weight excluding hydrogens is 591 g/mol. The van der Waals surface area contributed by atoms with Gasteiger partial charge in [0.1, 0.15) is 23.9 Å². The van der Waals surface area contributed by atoms with Crippen LogP contribution in [0.2, 0.25) is 0 Å². The second kappa shape index (κ2) is 13.2. The van der Waals surface area contributed by atoms with Gasteiger partial charge in [-0.1, -0.05) is 78.1 Å². The van der Waals surface area contributed by atoms with Crippen LogP contribution in [-0.2, 0) is 16.1 Å². The summed E-state index contributed by atoms with van der Waals surface area (Å²) in [6.45, 7) is 2.19. The van der Waals surface area contributed by atoms with Crippen molar-refractivity contribution in [3.05, 3.63) is 156 Å². The van der Waals surface area contributed by atoms with Gasteiger partial charge in [-0.25, -0.2) is 14.2 Å². The third-order valence-corrected chi connectivity index (χ3v) is 8.26. The maximum atomic E-state index is 14.1. The first-order valence-electron chi connectivity index (χ1n) is 14.3. The van der Waals surface area contributed by atoms with Gasteiger partial charge in [0.05, 0.1) is 35.6 Å². The number of halogens is 1. The van der Waals surface area contributed by atoms with Gasteiger partial charge in [-0.05, 0) is 66.1 Å². The maximum absolute atomic E-state index is 14.1. The molecule has 0 saturated heterocycles. The van der Waals surface area contributed by atoms with Gasteiger partial charge in [-0.2, -0.15) is 0 Å². The summed E-state index contributed by atoms with van der Waals surface area (Å²) in [4.78, 5) is 33.1. The number of hydrogen-bond donors (Lipinski definition) is 0. The lowest BCUT2D eigenvalue weighted by atomic mass is 9.93. The van der Waals surface area contributed by atoms with E-state index in [1.807, 2.05) is 66.7 Å². The lowest BCUT2D eigenvalue weighted by Crippen LogP contribution is -2.40. The summed E-state index contributed by atoms with van der Waals surface area (Å²) < 4.78 is 32.1. The minimum Gasteiger partial charge on any atom is -0.497 e. The van der Waals surface area contributed by atoms with E-state index in [1.165, 1.54) is 23.5 Å². The van der Waals surface area contributed by atoms with Crippen LogP contribution in [0.5, 0.6) is 11.5 Å². The molecule has 0 amide bonds. The van der Waals surface area contributed by atoms with E-state index in [-0.39, 0.29) is 30.2 Å². The molecule has 0 N–H and O–H groups in total. The minimum atomic E-state index is -0.783. The Morgan fingerprint density at radius 1 is 0.956 bits per heavy atom. The van der Waals surface area contributed by atoms with Crippen LogP contribution < -0.4 is 24.4 Å². The third-order valence-electron chi connectivity index (χ3n) is 7.28. The van der Waals surface area contributed by atoms with E-state index >= 15 is 0 Å². The molecule has 226 valence electrons. The molecule has 45 heavy (non-hydrogen) atoms. The number of thiazole rings is 1. The lowest BCUT2D eigenvalue weighted by molar-refractivity contribution is -0.138. The molecule has 6 rings (SSSR count). The molecule has 2 heterocycles. The summed E-state index contributed by atoms with van der Waals surface area (Å²) in [7, 11) is 1.58. The zero-order valence-electron chi connectivity index (χ0n) is 24.6. The maximum Gasteiger partial charge on any atom is 0.338 e. The van der Waals surface area contributed by atoms with Gasteiger partial charge in [0.25, 0.3) is 5.56 Å². The Bertz CT molecular complexity index is 2050. The standard InChI is InChI=1S/C36H29FN2O5S/c1-3-43-35(41)31-32(25-9-5-4-6-10-25)38-36-39(33(31)26-14-18-28(42-2)19-15-26)34(40)30(45-36)21-24-8-7-11-29(20-24)44-22-23-12-16-27(37)17-13-23/h4-21,33H,3,22H2,1-2H3/b30-21-/t33-/m1/s1. The van der Waals surface area contributed by atoms with Crippen molar-refractivity contribution in [3.63, 3.8) is 0 Å². The molecule has 0 saturated carbocycles. The second-order valence-electron chi connectivity index (χ2n) is 10.2. The Morgan fingerprint density at radius 2 is 1.71 bits per heavy atom. The first kappa shape index (κ1) is 29.8. The summed E-state index contributed by atoms with van der Waals surface area (Å²) in [5.41, 5.74) is 3.49. The molecule has 1 atom stereocenters. The predicted octanol–water partition coefficient (Wildman–Crippen LogP) is 5.66. The first-order chi connectivity index (χ1) is 21.9. The largest absolute Gasteiger partial charge is 0.497 e. The van der Waals surface area contributed by atoms with Gasteiger partial charge < -0.3 is 14.2 Å². The second-order valence-corrected chi connectivity index (χ2v) is 11.2. The van der Waals surface area contributed by atoms with Crippen molar-refractivity contribution in [1.82, 2.24) is 4.57 Å². The van der Waals surface area contributed by atoms with Crippen molar-refractivity contribution < 1.29 is 23.4 Å². The minimum absolute atomic E-state index is 0.170. The zero-order valence-corrected chi connectivity index (χ0v) is 25.4. The quantitative estimate of drug-likeness (QED) is 0.199. The Kier molecular flexibility index (Phi) is 8.70. The van der Waals surface area contributed by atoms with Crippen LogP contribution in [0, 0.1) is 5.82 Å². The topological polar surface area (TPSA) is 79.1 Å². The molecular formula is C36H29FN2O5S. The number of rotatable bonds is 9. The molecule has 4 aromatic carbocycles. The number of esters is 1. The summed E-state index contributed by atoms with van der Waals surface area (Å²) >= 11 is 1.25. The zero-order chi connectivity index (χ0) is 31.3. The molecule has 0 aliphatic carbocycles. The first-order valence-corrected chi connectivity index (χ1v) is 15.2. The van der Waals surface area contributed by atoms with Gasteiger partial charge >= 0.3 is 5.97 Å². The van der Waals surface area contributed by atoms with Crippen LogP contribution >= 0.6 is 11.3 Å². The van der Waals surface area contributed by atoms with Crippen molar-refractivity contribution in [2.75, 3.05) is 13.7 Å². The highest BCUT2D eigenvalue weighted by atomic mass is 32.1. The number of aromatic nitrogens is 1. The summed E-state index contributed by atoms with van der Waals surface area (Å²) in [6, 6.07) is 29.4. The molecule has 1 aliphatic heterocycles. The van der Waals surface area contributed by atoms with E-state index in [9.17, 15) is 14.0 Å². The molecule has 7 nitrogen and oxygen atoms in total. The Hall–Kier alpha value is -5.28. The van der Waals surface area contributed by atoms with Crippen LogP contribution in [0.3, 0.4) is 0 Å². The monoisotopic (exact) mass is 620 g/mol. The molecule has 1 aromatic heterocycles. The van der Waals surface area contributed by atoms with E-state index in [1.54, 1.807) is 48.9 Å². The van der Waals surface area contributed by atoms with Gasteiger partial charge in [-0.3, -0.25) is 9.36 Å². The van der Waals surface area contributed by atoms with Crippen molar-refractivity contribution >= 4 is 29.1 Å². The molecule has 0 bridgehead atoms. The summed E-state index contributed by atoms with van der Waals surface area (Å²) in [5.74, 6) is 0.411. The van der Waals surface area contributed by atoms with E-state index in [2.05, 4.69) is 0 Å². The van der Waals surface area contributed by atoms with Crippen LogP contribution in [0.15, 0.2) is 118 Å². The van der Waals surface area contributed by atoms with Crippen molar-refractivity contribution in [2.24, 2.45) is 4.99 Å². The fourth-order valence-electron chi connectivity index (χ4n) is 5.13. The number of carbonyl (C=O) groups is 1. The smallest absolute Gasteiger partial charge is 0.338 e. The van der Waals surface area contributed by atoms with Crippen molar-refractivity contribution in [2.45, 2.75) is 19.6 Å². The van der Waals surface area contributed by atoms with Crippen molar-refractivity contribution in [3.8, 4) is 11.5 Å². The SMILES string of the molecule is CCOC(=O)C1=C(c2ccccc2)N=c2s/c(=C\c3cccc(OCc4ccc(F)cc4)c3)c(=O)n2[C@@H]1c1ccc(OC)cc1. The predicted molar refractivity (Wildman–Crippen MR) is 171 cm³/mol. The fraction of sp³-hybridized carbons (Fsp3) is 0.139. The van der Waals surface area contributed by atoms with E-state index in [4.69, 9.17) is 19.2 Å². The van der Waals surface area contributed by atoms with Crippen LogP contribution in [-0.4, -0.2) is 24.3 Å². The van der Waals surface area contributed by atoms with Crippen molar-refractivity contribution in [1.29, 1.82) is 0 Å². The molecule has 0 unspecified atom stereocenters. The summed E-state index contributed by atoms with van der Waals surface area (Å²) in [6.07, 6.45) is 1.79. The van der Waals surface area contributed by atoms with Crippen LogP contribution in [0.25, 0.3) is 11.8 Å². The highest BCUT2D eigenvalue weighted by Crippen LogP contribution is 2.35. The van der Waals surface area contributed by atoms with Crippen LogP contribution in [0.4, 0.5) is 4.39 Å². The molecule has 0 spiro atoms. The van der Waals surface area contributed by atoms with E-state index in [0.717, 1.165) is 16.7 Å². The normalized spacial score (nSPS) is 14.5. The number of benzene rings is 4. The van der Waals surface area contributed by atoms with Gasteiger partial charge in [0.15, 0.2) is 4.80 Å². The van der Waals surface area contributed by atoms with Crippen LogP contribution in [0.1, 0.15) is 35.2 Å². The number of ether oxygens (including phenoxy) is 3. The lowest BCUT2D eigenvalue weighted by Gasteiger charge is -2.26. The van der Waals surface area contributed by atoms with E-state index < -0.39 is 12.0 Å². The molecule has 0 radical (unpaired) electrons. The fourth-order valence-corrected chi connectivity index (χ4v) is 6.14. The van der Waals surface area contributed by atoms with Gasteiger partial charge in [0.2, 0.25) is 0 Å². The summed E-state index contributed by atoms with van der Waals surface area (Å²) in [5, 5.41) is 0. The average molecular weight is 621 g/mol. The molecule has 5 aromatic rings. The number of nitrogens with zero attached hydrogens (tertiary/aromatic N) is 2. The van der Waals surface area contributed by atoms with Gasteiger partial charge in [0, 0.05) is 5.56 Å². The number of hydrogen-bond acceptors (Lipinski definition) is 7. The molecule has 9 heteroatoms. The Morgan fingerprint density at radius 3 is 2.42 bits per heavy atom. The van der Waals surface area contributed by atoms with Gasteiger partial charge in [-0.15, -0.1) is 0 Å². The molecule has 1 aliphatic rings. The highest BCUT2D eigenvalue weighted by molar-refractivity contribution is 7.07. The third kappa shape index (κ3) is 6.34. The molecule has 0 fully saturated rings.